The first kappa shape index (κ1) is 13.4. The molecule has 1 aromatic rings. The predicted molar refractivity (Wildman–Crippen MR) is 74.5 cm³/mol. The second kappa shape index (κ2) is 4.77. The molecule has 1 atom stereocenters. The van der Waals surface area contributed by atoms with Gasteiger partial charge in [0.2, 0.25) is 5.91 Å². The molecule has 0 spiro atoms. The van der Waals surface area contributed by atoms with Crippen LogP contribution in [0.4, 0.5) is 0 Å². The summed E-state index contributed by atoms with van der Waals surface area (Å²) in [5.74, 6) is -0.232. The average Bonchev–Trinajstić information content (AvgIpc) is 3.09. The number of hydrogen-bond donors (Lipinski definition) is 1. The predicted octanol–water partition coefficient (Wildman–Crippen LogP) is 1.75. The minimum Gasteiger partial charge on any atom is -0.492 e. The van der Waals surface area contributed by atoms with E-state index in [-0.39, 0.29) is 17.8 Å². The van der Waals surface area contributed by atoms with Gasteiger partial charge in [-0.2, -0.15) is 0 Å². The van der Waals surface area contributed by atoms with Crippen LogP contribution in [0.5, 0.6) is 5.75 Å². The first-order chi connectivity index (χ1) is 9.55. The van der Waals surface area contributed by atoms with Gasteiger partial charge >= 0.3 is 5.97 Å². The summed E-state index contributed by atoms with van der Waals surface area (Å²) in [4.78, 5) is 24.1. The van der Waals surface area contributed by atoms with Crippen LogP contribution in [-0.4, -0.2) is 31.1 Å². The molecule has 3 rings (SSSR count). The number of hydrogen-bond acceptors (Lipinski definition) is 4. The summed E-state index contributed by atoms with van der Waals surface area (Å²) >= 11 is 3.39. The Morgan fingerprint density at radius 2 is 2.20 bits per heavy atom. The highest BCUT2D eigenvalue weighted by atomic mass is 79.9. The molecule has 0 bridgehead atoms. The van der Waals surface area contributed by atoms with Gasteiger partial charge in [0, 0.05) is 10.0 Å². The molecule has 0 aromatic heterocycles. The molecule has 1 aliphatic heterocycles. The lowest BCUT2D eigenvalue weighted by Crippen LogP contribution is -2.46. The van der Waals surface area contributed by atoms with Gasteiger partial charge in [0.25, 0.3) is 0 Å². The first-order valence-electron chi connectivity index (χ1n) is 6.38. The zero-order chi connectivity index (χ0) is 14.3. The SMILES string of the molecule is COC(=O)C1(NC(=O)[C@@H]2COc3ccc(Br)cc32)CC1. The molecule has 5 nitrogen and oxygen atoms in total. The van der Waals surface area contributed by atoms with Gasteiger partial charge in [0.1, 0.15) is 23.8 Å². The van der Waals surface area contributed by atoms with Crippen molar-refractivity contribution >= 4 is 27.8 Å². The Morgan fingerprint density at radius 1 is 1.45 bits per heavy atom. The number of halogens is 1. The Hall–Kier alpha value is -1.56. The van der Waals surface area contributed by atoms with Gasteiger partial charge < -0.3 is 14.8 Å². The summed E-state index contributed by atoms with van der Waals surface area (Å²) in [6, 6.07) is 5.58. The molecular weight excluding hydrogens is 326 g/mol. The molecule has 1 N–H and O–H groups in total. The Morgan fingerprint density at radius 3 is 2.85 bits per heavy atom. The van der Waals surface area contributed by atoms with Gasteiger partial charge in [-0.25, -0.2) is 4.79 Å². The van der Waals surface area contributed by atoms with Crippen LogP contribution in [0.3, 0.4) is 0 Å². The van der Waals surface area contributed by atoms with Gasteiger partial charge in [0.05, 0.1) is 7.11 Å². The maximum Gasteiger partial charge on any atom is 0.331 e. The summed E-state index contributed by atoms with van der Waals surface area (Å²) in [7, 11) is 1.33. The van der Waals surface area contributed by atoms with Gasteiger partial charge in [0.15, 0.2) is 0 Å². The van der Waals surface area contributed by atoms with E-state index in [1.807, 2.05) is 18.2 Å². The van der Waals surface area contributed by atoms with Crippen molar-refractivity contribution < 1.29 is 19.1 Å². The number of methoxy groups -OCH3 is 1. The molecule has 1 aliphatic carbocycles. The van der Waals surface area contributed by atoms with Crippen LogP contribution in [0, 0.1) is 0 Å². The van der Waals surface area contributed by atoms with Crippen molar-refractivity contribution in [2.24, 2.45) is 0 Å². The van der Waals surface area contributed by atoms with Crippen LogP contribution in [-0.2, 0) is 14.3 Å². The van der Waals surface area contributed by atoms with Crippen molar-refractivity contribution in [2.45, 2.75) is 24.3 Å². The van der Waals surface area contributed by atoms with Crippen LogP contribution < -0.4 is 10.1 Å². The van der Waals surface area contributed by atoms with E-state index in [9.17, 15) is 9.59 Å². The van der Waals surface area contributed by atoms with E-state index in [2.05, 4.69) is 21.2 Å². The van der Waals surface area contributed by atoms with E-state index in [1.165, 1.54) is 7.11 Å². The Balaban J connectivity index is 1.77. The van der Waals surface area contributed by atoms with Crippen LogP contribution >= 0.6 is 15.9 Å². The number of rotatable bonds is 3. The molecule has 1 heterocycles. The highest BCUT2D eigenvalue weighted by Gasteiger charge is 2.53. The largest absolute Gasteiger partial charge is 0.492 e. The topological polar surface area (TPSA) is 64.6 Å². The summed E-state index contributed by atoms with van der Waals surface area (Å²) in [6.45, 7) is 0.300. The van der Waals surface area contributed by atoms with Crippen molar-refractivity contribution in [2.75, 3.05) is 13.7 Å². The molecule has 106 valence electrons. The lowest BCUT2D eigenvalue weighted by Gasteiger charge is -2.17. The number of esters is 1. The fourth-order valence-electron chi connectivity index (χ4n) is 2.43. The second-order valence-electron chi connectivity index (χ2n) is 5.11. The zero-order valence-electron chi connectivity index (χ0n) is 10.9. The number of nitrogens with one attached hydrogen (secondary N) is 1. The van der Waals surface area contributed by atoms with E-state index in [0.717, 1.165) is 15.8 Å². The second-order valence-corrected chi connectivity index (χ2v) is 6.02. The molecular formula is C14H14BrNO4. The summed E-state index contributed by atoms with van der Waals surface area (Å²) in [6.07, 6.45) is 1.26. The third-order valence-electron chi connectivity index (χ3n) is 3.76. The molecule has 0 unspecified atom stereocenters. The van der Waals surface area contributed by atoms with Gasteiger partial charge in [-0.3, -0.25) is 4.79 Å². The van der Waals surface area contributed by atoms with Crippen molar-refractivity contribution in [3.63, 3.8) is 0 Å². The smallest absolute Gasteiger partial charge is 0.331 e. The zero-order valence-corrected chi connectivity index (χ0v) is 12.5. The summed E-state index contributed by atoms with van der Waals surface area (Å²) in [5.41, 5.74) is 0.0261. The highest BCUT2D eigenvalue weighted by molar-refractivity contribution is 9.10. The van der Waals surface area contributed by atoms with Gasteiger partial charge in [-0.05, 0) is 31.0 Å². The summed E-state index contributed by atoms with van der Waals surface area (Å²) in [5, 5.41) is 2.81. The molecule has 2 aliphatic rings. The molecule has 0 radical (unpaired) electrons. The van der Waals surface area contributed by atoms with Crippen LogP contribution in [0.1, 0.15) is 24.3 Å². The molecule has 0 saturated heterocycles. The number of benzene rings is 1. The maximum absolute atomic E-state index is 12.4. The van der Waals surface area contributed by atoms with Crippen molar-refractivity contribution in [3.05, 3.63) is 28.2 Å². The van der Waals surface area contributed by atoms with Crippen molar-refractivity contribution in [1.29, 1.82) is 0 Å². The molecule has 1 fully saturated rings. The van der Waals surface area contributed by atoms with E-state index >= 15 is 0 Å². The van der Waals surface area contributed by atoms with Crippen molar-refractivity contribution in [1.82, 2.24) is 5.32 Å². The normalized spacial score (nSPS) is 21.6. The number of carbonyl (C=O) groups is 2. The van der Waals surface area contributed by atoms with E-state index < -0.39 is 5.54 Å². The van der Waals surface area contributed by atoms with Crippen LogP contribution in [0.25, 0.3) is 0 Å². The molecule has 6 heteroatoms. The fraction of sp³-hybridized carbons (Fsp3) is 0.429. The average molecular weight is 340 g/mol. The van der Waals surface area contributed by atoms with Gasteiger partial charge in [-0.15, -0.1) is 0 Å². The third-order valence-corrected chi connectivity index (χ3v) is 4.25. The number of amides is 1. The molecule has 1 amide bonds. The molecule has 1 aromatic carbocycles. The first-order valence-corrected chi connectivity index (χ1v) is 7.18. The lowest BCUT2D eigenvalue weighted by atomic mass is 10.00. The van der Waals surface area contributed by atoms with E-state index in [0.29, 0.717) is 19.4 Å². The number of carbonyl (C=O) groups excluding carboxylic acids is 2. The number of ether oxygens (including phenoxy) is 2. The molecule has 20 heavy (non-hydrogen) atoms. The van der Waals surface area contributed by atoms with Crippen molar-refractivity contribution in [3.8, 4) is 5.75 Å². The molecule has 1 saturated carbocycles. The van der Waals surface area contributed by atoms with Crippen LogP contribution in [0.15, 0.2) is 22.7 Å². The minimum atomic E-state index is -0.819. The Kier molecular flexibility index (Phi) is 3.20. The van der Waals surface area contributed by atoms with E-state index in [1.54, 1.807) is 0 Å². The fourth-order valence-corrected chi connectivity index (χ4v) is 2.81. The third kappa shape index (κ3) is 2.18. The minimum absolute atomic E-state index is 0.190. The highest BCUT2D eigenvalue weighted by Crippen LogP contribution is 2.40. The van der Waals surface area contributed by atoms with Gasteiger partial charge in [-0.1, -0.05) is 15.9 Å². The lowest BCUT2D eigenvalue weighted by molar-refractivity contribution is -0.146. The number of fused-ring (bicyclic) bond motifs is 1. The monoisotopic (exact) mass is 339 g/mol. The quantitative estimate of drug-likeness (QED) is 0.852. The van der Waals surface area contributed by atoms with E-state index in [4.69, 9.17) is 9.47 Å². The Bertz CT molecular complexity index is 583. The standard InChI is InChI=1S/C14H14BrNO4/c1-19-13(18)14(4-5-14)16-12(17)10-7-20-11-3-2-8(15)6-9(10)11/h2-3,6,10H,4-5,7H2,1H3,(H,16,17)/t10-/m1/s1. The Labute approximate surface area is 124 Å². The summed E-state index contributed by atoms with van der Waals surface area (Å²) < 4.78 is 11.1. The van der Waals surface area contributed by atoms with Crippen LogP contribution in [0.2, 0.25) is 0 Å². The maximum atomic E-state index is 12.4.